The second-order valence-corrected chi connectivity index (χ2v) is 4.20. The largest absolute Gasteiger partial charge is 0.361 e. The smallest absolute Gasteiger partial charge is 0.278 e. The Labute approximate surface area is 117 Å². The molecule has 0 fully saturated rings. The van der Waals surface area contributed by atoms with Crippen LogP contribution in [0.15, 0.2) is 29.4 Å². The number of thiocarbonyl (C=S) groups is 1. The molecule has 0 unspecified atom stereocenters. The van der Waals surface area contributed by atoms with Crippen LogP contribution in [0.5, 0.6) is 0 Å². The van der Waals surface area contributed by atoms with E-state index in [1.807, 2.05) is 0 Å². The highest BCUT2D eigenvalue weighted by molar-refractivity contribution is 7.80. The Morgan fingerprint density at radius 1 is 1.53 bits per heavy atom. The number of benzene rings is 1. The van der Waals surface area contributed by atoms with Crippen molar-refractivity contribution < 1.29 is 4.92 Å². The van der Waals surface area contributed by atoms with E-state index in [9.17, 15) is 10.1 Å². The van der Waals surface area contributed by atoms with Crippen LogP contribution in [0.25, 0.3) is 0 Å². The predicted octanol–water partition coefficient (Wildman–Crippen LogP) is 2.19. The van der Waals surface area contributed by atoms with Crippen LogP contribution in [-0.2, 0) is 0 Å². The highest BCUT2D eigenvalue weighted by Gasteiger charge is 2.09. The van der Waals surface area contributed by atoms with Crippen LogP contribution in [0.4, 0.5) is 5.69 Å². The third kappa shape index (κ3) is 5.43. The number of nitrogens with zero attached hydrogens (tertiary/aromatic N) is 2. The minimum Gasteiger partial charge on any atom is -0.361 e. The first-order valence-electron chi connectivity index (χ1n) is 5.95. The van der Waals surface area contributed by atoms with Gasteiger partial charge < -0.3 is 5.32 Å². The van der Waals surface area contributed by atoms with E-state index in [-0.39, 0.29) is 5.69 Å². The molecular weight excluding hydrogens is 264 g/mol. The second kappa shape index (κ2) is 8.15. The Kier molecular flexibility index (Phi) is 6.45. The molecule has 2 N–H and O–H groups in total. The lowest BCUT2D eigenvalue weighted by Crippen LogP contribution is -2.32. The molecule has 0 heterocycles. The molecule has 1 aromatic carbocycles. The summed E-state index contributed by atoms with van der Waals surface area (Å²) in [6.45, 7) is 2.87. The molecule has 0 aliphatic heterocycles. The first-order valence-corrected chi connectivity index (χ1v) is 6.36. The highest BCUT2D eigenvalue weighted by atomic mass is 32.1. The number of nitrogens with one attached hydrogen (secondary N) is 2. The molecule has 19 heavy (non-hydrogen) atoms. The standard InChI is InChI=1S/C12H16N4O2S/c1-2-3-8-13-12(19)15-14-9-10-6-4-5-7-11(10)16(17)18/h4-7,9H,2-3,8H2,1H3,(H2,13,15,19)/b14-9-. The first kappa shape index (κ1) is 15.0. The van der Waals surface area contributed by atoms with Gasteiger partial charge in [0.25, 0.3) is 5.69 Å². The normalized spacial score (nSPS) is 10.4. The molecule has 6 nitrogen and oxygen atoms in total. The summed E-state index contributed by atoms with van der Waals surface area (Å²) in [5, 5.41) is 18.0. The van der Waals surface area contributed by atoms with Crippen molar-refractivity contribution >= 4 is 29.2 Å². The number of rotatable bonds is 6. The average Bonchev–Trinajstić information content (AvgIpc) is 2.39. The SMILES string of the molecule is CCCCNC(=S)N/N=C\c1ccccc1[N+](=O)[O-]. The third-order valence-electron chi connectivity index (χ3n) is 2.32. The zero-order chi connectivity index (χ0) is 14.1. The number of unbranched alkanes of at least 4 members (excludes halogenated alkanes) is 1. The minimum absolute atomic E-state index is 0.0120. The Morgan fingerprint density at radius 2 is 2.26 bits per heavy atom. The summed E-state index contributed by atoms with van der Waals surface area (Å²) in [6.07, 6.45) is 3.48. The van der Waals surface area contributed by atoms with Crippen molar-refractivity contribution in [2.24, 2.45) is 5.10 Å². The van der Waals surface area contributed by atoms with Crippen molar-refractivity contribution in [3.05, 3.63) is 39.9 Å². The third-order valence-corrected chi connectivity index (χ3v) is 2.55. The van der Waals surface area contributed by atoms with E-state index < -0.39 is 4.92 Å². The van der Waals surface area contributed by atoms with Crippen molar-refractivity contribution in [2.45, 2.75) is 19.8 Å². The highest BCUT2D eigenvalue weighted by Crippen LogP contribution is 2.14. The zero-order valence-corrected chi connectivity index (χ0v) is 11.4. The van der Waals surface area contributed by atoms with E-state index in [0.717, 1.165) is 19.4 Å². The lowest BCUT2D eigenvalue weighted by atomic mass is 10.2. The van der Waals surface area contributed by atoms with Gasteiger partial charge in [-0.1, -0.05) is 25.5 Å². The lowest BCUT2D eigenvalue weighted by molar-refractivity contribution is -0.385. The van der Waals surface area contributed by atoms with E-state index in [4.69, 9.17) is 12.2 Å². The Balaban J connectivity index is 2.53. The van der Waals surface area contributed by atoms with Crippen LogP contribution in [0.2, 0.25) is 0 Å². The van der Waals surface area contributed by atoms with Crippen molar-refractivity contribution in [1.82, 2.24) is 10.7 Å². The zero-order valence-electron chi connectivity index (χ0n) is 10.6. The molecule has 0 atom stereocenters. The minimum atomic E-state index is -0.445. The Morgan fingerprint density at radius 3 is 2.95 bits per heavy atom. The molecule has 0 saturated carbocycles. The van der Waals surface area contributed by atoms with Gasteiger partial charge in [0.1, 0.15) is 0 Å². The van der Waals surface area contributed by atoms with Crippen molar-refractivity contribution in [1.29, 1.82) is 0 Å². The van der Waals surface area contributed by atoms with Crippen molar-refractivity contribution in [3.8, 4) is 0 Å². The predicted molar refractivity (Wildman–Crippen MR) is 79.3 cm³/mol. The molecule has 0 aliphatic carbocycles. The topological polar surface area (TPSA) is 79.6 Å². The number of hydrogen-bond donors (Lipinski definition) is 2. The fourth-order valence-electron chi connectivity index (χ4n) is 1.34. The maximum absolute atomic E-state index is 10.8. The number of para-hydroxylation sites is 1. The number of hydrogen-bond acceptors (Lipinski definition) is 4. The van der Waals surface area contributed by atoms with Gasteiger partial charge in [-0.3, -0.25) is 15.5 Å². The van der Waals surface area contributed by atoms with Gasteiger partial charge in [-0.25, -0.2) is 0 Å². The van der Waals surface area contributed by atoms with Gasteiger partial charge in [-0.15, -0.1) is 0 Å². The summed E-state index contributed by atoms with van der Waals surface area (Å²) >= 11 is 5.00. The average molecular weight is 280 g/mol. The fraction of sp³-hybridized carbons (Fsp3) is 0.333. The second-order valence-electron chi connectivity index (χ2n) is 3.80. The van der Waals surface area contributed by atoms with E-state index in [1.54, 1.807) is 18.2 Å². The van der Waals surface area contributed by atoms with E-state index in [0.29, 0.717) is 10.7 Å². The molecule has 0 radical (unpaired) electrons. The number of nitro groups is 1. The molecule has 0 saturated heterocycles. The van der Waals surface area contributed by atoms with Crippen LogP contribution in [-0.4, -0.2) is 22.8 Å². The quantitative estimate of drug-likeness (QED) is 0.274. The summed E-state index contributed by atoms with van der Waals surface area (Å²) in [5.41, 5.74) is 3.06. The maximum atomic E-state index is 10.8. The first-order chi connectivity index (χ1) is 9.15. The molecule has 0 amide bonds. The molecule has 102 valence electrons. The fourth-order valence-corrected chi connectivity index (χ4v) is 1.50. The molecule has 0 bridgehead atoms. The molecular formula is C12H16N4O2S. The number of hydrazone groups is 1. The van der Waals surface area contributed by atoms with Crippen LogP contribution in [0.1, 0.15) is 25.3 Å². The van der Waals surface area contributed by atoms with Crippen LogP contribution < -0.4 is 10.7 Å². The Bertz CT molecular complexity index is 477. The van der Waals surface area contributed by atoms with Gasteiger partial charge in [0.05, 0.1) is 16.7 Å². The molecule has 1 aromatic rings. The van der Waals surface area contributed by atoms with E-state index in [2.05, 4.69) is 22.8 Å². The van der Waals surface area contributed by atoms with Gasteiger partial charge in [-0.2, -0.15) is 5.10 Å². The van der Waals surface area contributed by atoms with E-state index >= 15 is 0 Å². The molecule has 7 heteroatoms. The van der Waals surface area contributed by atoms with Crippen LogP contribution >= 0.6 is 12.2 Å². The van der Waals surface area contributed by atoms with Gasteiger partial charge >= 0.3 is 0 Å². The maximum Gasteiger partial charge on any atom is 0.278 e. The van der Waals surface area contributed by atoms with Gasteiger partial charge in [0.2, 0.25) is 0 Å². The van der Waals surface area contributed by atoms with Gasteiger partial charge in [0.15, 0.2) is 5.11 Å². The summed E-state index contributed by atoms with van der Waals surface area (Å²) in [4.78, 5) is 10.3. The van der Waals surface area contributed by atoms with Crippen LogP contribution in [0.3, 0.4) is 0 Å². The lowest BCUT2D eigenvalue weighted by Gasteiger charge is -2.05. The van der Waals surface area contributed by atoms with E-state index in [1.165, 1.54) is 12.3 Å². The molecule has 1 rings (SSSR count). The molecule has 0 spiro atoms. The van der Waals surface area contributed by atoms with Crippen molar-refractivity contribution in [3.63, 3.8) is 0 Å². The molecule has 0 aromatic heterocycles. The monoisotopic (exact) mass is 280 g/mol. The summed E-state index contributed by atoms with van der Waals surface area (Å²) in [7, 11) is 0. The van der Waals surface area contributed by atoms with Crippen molar-refractivity contribution in [2.75, 3.05) is 6.54 Å². The Hall–Kier alpha value is -2.02. The van der Waals surface area contributed by atoms with Gasteiger partial charge in [-0.05, 0) is 24.7 Å². The summed E-state index contributed by atoms with van der Waals surface area (Å²) < 4.78 is 0. The summed E-state index contributed by atoms with van der Waals surface area (Å²) in [6, 6.07) is 6.38. The number of nitro benzene ring substituents is 1. The summed E-state index contributed by atoms with van der Waals surface area (Å²) in [5.74, 6) is 0. The molecule has 0 aliphatic rings. The van der Waals surface area contributed by atoms with Gasteiger partial charge in [0, 0.05) is 12.6 Å². The van der Waals surface area contributed by atoms with Crippen LogP contribution in [0, 0.1) is 10.1 Å².